The minimum atomic E-state index is -0.937. The van der Waals surface area contributed by atoms with E-state index in [-0.39, 0.29) is 48.8 Å². The molecule has 0 N–H and O–H groups in total. The van der Waals surface area contributed by atoms with Gasteiger partial charge in [-0.15, -0.1) is 23.2 Å². The van der Waals surface area contributed by atoms with Crippen molar-refractivity contribution in [2.75, 3.05) is 13.2 Å². The molecule has 0 spiro atoms. The lowest BCUT2D eigenvalue weighted by molar-refractivity contribution is -0.148. The number of carbonyl (C=O) groups excluding carboxylic acids is 2. The highest BCUT2D eigenvalue weighted by atomic mass is 35.5. The van der Waals surface area contributed by atoms with E-state index in [1.165, 1.54) is 0 Å². The fourth-order valence-electron chi connectivity index (χ4n) is 2.13. The number of hydrogen-bond acceptors (Lipinski definition) is 4. The molecular weight excluding hydrogens is 291 g/mol. The third-order valence-electron chi connectivity index (χ3n) is 4.00. The van der Waals surface area contributed by atoms with E-state index >= 15 is 0 Å². The molecule has 3 rings (SSSR count). The van der Waals surface area contributed by atoms with Gasteiger partial charge in [-0.2, -0.15) is 0 Å². The minimum Gasteiger partial charge on any atom is -0.465 e. The van der Waals surface area contributed by atoms with Crippen LogP contribution in [0.2, 0.25) is 0 Å². The van der Waals surface area contributed by atoms with Crippen molar-refractivity contribution in [3.63, 3.8) is 0 Å². The zero-order chi connectivity index (χ0) is 13.6. The van der Waals surface area contributed by atoms with Crippen molar-refractivity contribution < 1.29 is 19.1 Å². The Labute approximate surface area is 121 Å². The lowest BCUT2D eigenvalue weighted by atomic mass is 10.3. The molecule has 0 heterocycles. The smallest absolute Gasteiger partial charge is 0.308 e. The van der Waals surface area contributed by atoms with Crippen molar-refractivity contribution in [2.24, 2.45) is 23.7 Å². The second kappa shape index (κ2) is 4.81. The van der Waals surface area contributed by atoms with Crippen molar-refractivity contribution in [2.45, 2.75) is 30.0 Å². The van der Waals surface area contributed by atoms with Crippen LogP contribution in [0.15, 0.2) is 0 Å². The zero-order valence-electron chi connectivity index (χ0n) is 10.4. The van der Waals surface area contributed by atoms with Crippen LogP contribution in [-0.4, -0.2) is 29.5 Å². The van der Waals surface area contributed by atoms with Gasteiger partial charge in [-0.1, -0.05) is 0 Å². The maximum atomic E-state index is 11.4. The second-order valence-electron chi connectivity index (χ2n) is 5.70. The number of alkyl halides is 2. The zero-order valence-corrected chi connectivity index (χ0v) is 12.0. The van der Waals surface area contributed by atoms with Crippen molar-refractivity contribution >= 4 is 35.1 Å². The summed E-state index contributed by atoms with van der Waals surface area (Å²) in [6, 6.07) is 0. The van der Waals surface area contributed by atoms with Gasteiger partial charge < -0.3 is 9.47 Å². The molecule has 0 unspecified atom stereocenters. The Bertz CT molecular complexity index is 365. The quantitative estimate of drug-likeness (QED) is 0.558. The van der Waals surface area contributed by atoms with E-state index < -0.39 is 4.33 Å². The average Bonchev–Trinajstić information content (AvgIpc) is 3.22. The normalized spacial score (nSPS) is 31.7. The van der Waals surface area contributed by atoms with Crippen LogP contribution >= 0.6 is 23.2 Å². The van der Waals surface area contributed by atoms with E-state index in [4.69, 9.17) is 32.7 Å². The van der Waals surface area contributed by atoms with Gasteiger partial charge in [-0.3, -0.25) is 9.59 Å². The fraction of sp³-hybridized carbons (Fsp3) is 0.846. The summed E-state index contributed by atoms with van der Waals surface area (Å²) in [7, 11) is 0. The molecule has 0 aromatic carbocycles. The average molecular weight is 307 g/mol. The van der Waals surface area contributed by atoms with Gasteiger partial charge in [0.25, 0.3) is 0 Å². The summed E-state index contributed by atoms with van der Waals surface area (Å²) < 4.78 is 9.41. The van der Waals surface area contributed by atoms with Crippen LogP contribution in [0.5, 0.6) is 0 Å². The third-order valence-corrected chi connectivity index (χ3v) is 5.12. The number of rotatable bonds is 6. The van der Waals surface area contributed by atoms with Crippen molar-refractivity contribution in [3.05, 3.63) is 0 Å². The third kappa shape index (κ3) is 3.00. The summed E-state index contributed by atoms with van der Waals surface area (Å²) in [5.74, 6) is -0.444. The molecule has 0 amide bonds. The van der Waals surface area contributed by atoms with Gasteiger partial charge in [0.2, 0.25) is 0 Å². The number of halogens is 2. The molecule has 0 aliphatic heterocycles. The summed E-state index contributed by atoms with van der Waals surface area (Å²) in [6.45, 7) is 0.432. The Morgan fingerprint density at radius 3 is 1.58 bits per heavy atom. The lowest BCUT2D eigenvalue weighted by Crippen LogP contribution is -2.12. The highest BCUT2D eigenvalue weighted by Crippen LogP contribution is 2.59. The first-order chi connectivity index (χ1) is 9.00. The van der Waals surface area contributed by atoms with Crippen LogP contribution in [0.3, 0.4) is 0 Å². The molecule has 19 heavy (non-hydrogen) atoms. The van der Waals surface area contributed by atoms with E-state index in [0.29, 0.717) is 0 Å². The predicted octanol–water partition coefficient (Wildman–Crippen LogP) is 2.31. The lowest BCUT2D eigenvalue weighted by Gasteiger charge is -2.03. The van der Waals surface area contributed by atoms with Gasteiger partial charge in [-0.25, -0.2) is 0 Å². The number of esters is 2. The SMILES string of the molecule is O=C(OC[C@H]1[C@H](COC(=O)C2CC2)C1(Cl)Cl)C1CC1. The van der Waals surface area contributed by atoms with Gasteiger partial charge in [-0.05, 0) is 25.7 Å². The van der Waals surface area contributed by atoms with Crippen LogP contribution in [0, 0.1) is 23.7 Å². The molecule has 2 atom stereocenters. The van der Waals surface area contributed by atoms with Crippen LogP contribution in [0.25, 0.3) is 0 Å². The summed E-state index contributed by atoms with van der Waals surface area (Å²) >= 11 is 12.2. The molecule has 3 fully saturated rings. The minimum absolute atomic E-state index is 0.0740. The molecule has 6 heteroatoms. The van der Waals surface area contributed by atoms with E-state index in [1.54, 1.807) is 0 Å². The molecule has 0 aromatic rings. The van der Waals surface area contributed by atoms with Crippen molar-refractivity contribution in [3.8, 4) is 0 Å². The molecule has 4 nitrogen and oxygen atoms in total. The number of ether oxygens (including phenoxy) is 2. The Balaban J connectivity index is 1.40. The molecule has 0 radical (unpaired) electrons. The number of hydrogen-bond donors (Lipinski definition) is 0. The van der Waals surface area contributed by atoms with E-state index in [1.807, 2.05) is 0 Å². The first-order valence-electron chi connectivity index (χ1n) is 6.71. The van der Waals surface area contributed by atoms with E-state index in [9.17, 15) is 9.59 Å². The van der Waals surface area contributed by atoms with Crippen LogP contribution in [0.1, 0.15) is 25.7 Å². The molecule has 3 aliphatic rings. The topological polar surface area (TPSA) is 52.6 Å². The highest BCUT2D eigenvalue weighted by molar-refractivity contribution is 6.51. The largest absolute Gasteiger partial charge is 0.465 e. The van der Waals surface area contributed by atoms with E-state index in [2.05, 4.69) is 0 Å². The van der Waals surface area contributed by atoms with Crippen molar-refractivity contribution in [1.29, 1.82) is 0 Å². The van der Waals surface area contributed by atoms with Crippen molar-refractivity contribution in [1.82, 2.24) is 0 Å². The molecule has 0 aromatic heterocycles. The second-order valence-corrected chi connectivity index (χ2v) is 7.14. The van der Waals surface area contributed by atoms with Crippen LogP contribution < -0.4 is 0 Å². The molecule has 106 valence electrons. The van der Waals surface area contributed by atoms with Gasteiger partial charge in [0.15, 0.2) is 0 Å². The maximum absolute atomic E-state index is 11.4. The standard InChI is InChI=1S/C13H16Cl2O4/c14-13(15)9(5-18-11(16)7-1-2-7)10(13)6-19-12(17)8-3-4-8/h7-10H,1-6H2/t9-,10-/m0/s1. The summed E-state index contributed by atoms with van der Waals surface area (Å²) in [5, 5.41) is 0. The molecular formula is C13H16Cl2O4. The summed E-state index contributed by atoms with van der Waals surface area (Å²) in [6.07, 6.45) is 3.66. The first-order valence-corrected chi connectivity index (χ1v) is 7.47. The summed E-state index contributed by atoms with van der Waals surface area (Å²) in [5.41, 5.74) is 0. The van der Waals surface area contributed by atoms with E-state index in [0.717, 1.165) is 25.7 Å². The predicted molar refractivity (Wildman–Crippen MR) is 68.8 cm³/mol. The Hall–Kier alpha value is -0.480. The highest BCUT2D eigenvalue weighted by Gasteiger charge is 2.64. The molecule has 0 bridgehead atoms. The Kier molecular flexibility index (Phi) is 3.42. The summed E-state index contributed by atoms with van der Waals surface area (Å²) in [4.78, 5) is 22.9. The monoisotopic (exact) mass is 306 g/mol. The first kappa shape index (κ1) is 13.5. The van der Waals surface area contributed by atoms with Crippen LogP contribution in [-0.2, 0) is 19.1 Å². The maximum Gasteiger partial charge on any atom is 0.308 e. The molecule has 3 saturated carbocycles. The molecule has 0 saturated heterocycles. The van der Waals surface area contributed by atoms with Gasteiger partial charge in [0.05, 0.1) is 25.0 Å². The van der Waals surface area contributed by atoms with Gasteiger partial charge in [0.1, 0.15) is 4.33 Å². The Morgan fingerprint density at radius 1 is 0.895 bits per heavy atom. The fourth-order valence-corrected chi connectivity index (χ4v) is 2.87. The van der Waals surface area contributed by atoms with Crippen LogP contribution in [0.4, 0.5) is 0 Å². The van der Waals surface area contributed by atoms with Gasteiger partial charge >= 0.3 is 11.9 Å². The number of carbonyl (C=O) groups is 2. The molecule has 3 aliphatic carbocycles. The van der Waals surface area contributed by atoms with Gasteiger partial charge in [0, 0.05) is 11.8 Å². The Morgan fingerprint density at radius 2 is 1.26 bits per heavy atom.